The molecule has 264 valence electrons. The Morgan fingerprint density at radius 1 is 0.393 bits per heavy atom. The van der Waals surface area contributed by atoms with Gasteiger partial charge in [0, 0.05) is 44.1 Å². The molecule has 0 bridgehead atoms. The van der Waals surface area contributed by atoms with Crippen LogP contribution < -0.4 is 4.90 Å². The van der Waals surface area contributed by atoms with Gasteiger partial charge in [-0.2, -0.15) is 0 Å². The summed E-state index contributed by atoms with van der Waals surface area (Å²) < 4.78 is 13.6. The van der Waals surface area contributed by atoms with E-state index in [1.807, 2.05) is 6.07 Å². The Labute approximate surface area is 323 Å². The van der Waals surface area contributed by atoms with Gasteiger partial charge < -0.3 is 13.7 Å². The van der Waals surface area contributed by atoms with Gasteiger partial charge in [0.2, 0.25) is 0 Å². The average molecular weight is 718 g/mol. The number of hydrogen-bond donors (Lipinski definition) is 0. The van der Waals surface area contributed by atoms with Crippen LogP contribution in [0, 0.1) is 0 Å². The van der Waals surface area contributed by atoms with Gasteiger partial charge in [0.05, 0.1) is 11.1 Å². The third-order valence-electron chi connectivity index (χ3n) is 12.2. The van der Waals surface area contributed by atoms with E-state index in [4.69, 9.17) is 8.83 Å². The smallest absolute Gasteiger partial charge is 0.143 e. The van der Waals surface area contributed by atoms with Crippen molar-refractivity contribution in [3.63, 3.8) is 0 Å². The van der Waals surface area contributed by atoms with E-state index in [1.165, 1.54) is 38.4 Å². The monoisotopic (exact) mass is 717 g/mol. The summed E-state index contributed by atoms with van der Waals surface area (Å²) in [7, 11) is 0. The second kappa shape index (κ2) is 11.5. The second-order valence-electron chi connectivity index (χ2n) is 15.7. The van der Waals surface area contributed by atoms with Gasteiger partial charge in [-0.25, -0.2) is 0 Å². The lowest BCUT2D eigenvalue weighted by Gasteiger charge is -2.30. The summed E-state index contributed by atoms with van der Waals surface area (Å²) in [5, 5.41) is 9.06. The fourth-order valence-corrected chi connectivity index (χ4v) is 9.50. The Balaban J connectivity index is 1.23. The number of benzene rings is 9. The minimum Gasteiger partial charge on any atom is -0.456 e. The van der Waals surface area contributed by atoms with Crippen molar-refractivity contribution in [1.29, 1.82) is 0 Å². The van der Waals surface area contributed by atoms with E-state index >= 15 is 0 Å². The molecule has 0 amide bonds. The van der Waals surface area contributed by atoms with Gasteiger partial charge in [-0.3, -0.25) is 0 Å². The third-order valence-corrected chi connectivity index (χ3v) is 12.2. The van der Waals surface area contributed by atoms with E-state index in [-0.39, 0.29) is 5.41 Å². The molecule has 0 unspecified atom stereocenters. The molecule has 1 aliphatic carbocycles. The highest BCUT2D eigenvalue weighted by Crippen LogP contribution is 2.54. The summed E-state index contributed by atoms with van der Waals surface area (Å²) in [6, 6.07) is 63.6. The molecule has 3 nitrogen and oxygen atoms in total. The first-order valence-corrected chi connectivity index (χ1v) is 19.3. The van der Waals surface area contributed by atoms with Crippen LogP contribution in [-0.4, -0.2) is 0 Å². The maximum Gasteiger partial charge on any atom is 0.143 e. The lowest BCUT2D eigenvalue weighted by molar-refractivity contribution is 0.660. The van der Waals surface area contributed by atoms with Crippen molar-refractivity contribution >= 4 is 82.5 Å². The van der Waals surface area contributed by atoms with Crippen LogP contribution in [0.5, 0.6) is 0 Å². The molecular formula is C53H35NO2. The third kappa shape index (κ3) is 4.40. The number of anilines is 3. The zero-order valence-electron chi connectivity index (χ0n) is 31.0. The number of furan rings is 2. The van der Waals surface area contributed by atoms with Crippen LogP contribution in [0.1, 0.15) is 25.0 Å². The van der Waals surface area contributed by atoms with Gasteiger partial charge in [0.15, 0.2) is 0 Å². The SMILES string of the molecule is CC1(C)c2ccccc2-c2ccc(N(c3ccc4ccccc4c3)c3c(-c4cccc5c4oc4ccccc45)ccc4oc5cc6ccccc6cc5c34)cc21. The zero-order valence-corrected chi connectivity index (χ0v) is 31.0. The van der Waals surface area contributed by atoms with Crippen LogP contribution in [0.2, 0.25) is 0 Å². The quantitative estimate of drug-likeness (QED) is 0.182. The highest BCUT2D eigenvalue weighted by Gasteiger charge is 2.36. The number of hydrogen-bond acceptors (Lipinski definition) is 3. The summed E-state index contributed by atoms with van der Waals surface area (Å²) in [5.74, 6) is 0. The first kappa shape index (κ1) is 31.3. The standard InChI is InChI=1S/C53H35NO2/c1-53(2)45-20-9-7-16-38(45)39-25-24-37(31-46(39)53)54(36-23-22-32-12-3-4-13-33(32)28-36)51-41(43-19-11-18-42-40-17-8-10-21-47(40)56-52(42)43)26-27-48-50(51)44-29-34-14-5-6-15-35(34)30-49(44)55-48/h3-31H,1-2H3. The Hall–Kier alpha value is -7.10. The van der Waals surface area contributed by atoms with Crippen molar-refractivity contribution in [3.05, 3.63) is 187 Å². The van der Waals surface area contributed by atoms with Crippen molar-refractivity contribution < 1.29 is 8.83 Å². The first-order valence-electron chi connectivity index (χ1n) is 19.3. The molecule has 1 aliphatic rings. The van der Waals surface area contributed by atoms with Crippen molar-refractivity contribution in [2.45, 2.75) is 19.3 Å². The van der Waals surface area contributed by atoms with Crippen LogP contribution >= 0.6 is 0 Å². The summed E-state index contributed by atoms with van der Waals surface area (Å²) >= 11 is 0. The fraction of sp³-hybridized carbons (Fsp3) is 0.0566. The molecule has 9 aromatic carbocycles. The molecule has 0 saturated heterocycles. The molecular weight excluding hydrogens is 683 g/mol. The van der Waals surface area contributed by atoms with Crippen molar-refractivity contribution in [2.75, 3.05) is 4.90 Å². The van der Waals surface area contributed by atoms with E-state index < -0.39 is 0 Å². The predicted octanol–water partition coefficient (Wildman–Crippen LogP) is 15.2. The van der Waals surface area contributed by atoms with E-state index in [1.54, 1.807) is 0 Å². The molecule has 0 radical (unpaired) electrons. The molecule has 11 aromatic rings. The Morgan fingerprint density at radius 3 is 1.91 bits per heavy atom. The number of para-hydroxylation sites is 2. The average Bonchev–Trinajstić information content (AvgIpc) is 3.87. The number of fused-ring (bicyclic) bond motifs is 11. The van der Waals surface area contributed by atoms with Crippen molar-refractivity contribution in [2.24, 2.45) is 0 Å². The molecule has 0 spiro atoms. The normalized spacial score (nSPS) is 13.3. The maximum atomic E-state index is 6.82. The fourth-order valence-electron chi connectivity index (χ4n) is 9.50. The van der Waals surface area contributed by atoms with Crippen LogP contribution in [0.25, 0.3) is 87.7 Å². The lowest BCUT2D eigenvalue weighted by Crippen LogP contribution is -2.17. The maximum absolute atomic E-state index is 6.82. The largest absolute Gasteiger partial charge is 0.456 e. The predicted molar refractivity (Wildman–Crippen MR) is 234 cm³/mol. The van der Waals surface area contributed by atoms with Crippen LogP contribution in [0.4, 0.5) is 17.1 Å². The molecule has 0 aliphatic heterocycles. The van der Waals surface area contributed by atoms with Gasteiger partial charge in [0.1, 0.15) is 22.3 Å². The Bertz CT molecular complexity index is 3420. The topological polar surface area (TPSA) is 29.5 Å². The van der Waals surface area contributed by atoms with E-state index in [9.17, 15) is 0 Å². The van der Waals surface area contributed by atoms with E-state index in [2.05, 4.69) is 189 Å². The molecule has 2 heterocycles. The lowest BCUT2D eigenvalue weighted by atomic mass is 9.82. The minimum atomic E-state index is -0.174. The summed E-state index contributed by atoms with van der Waals surface area (Å²) in [6.45, 7) is 4.70. The van der Waals surface area contributed by atoms with Crippen LogP contribution in [0.3, 0.4) is 0 Å². The molecule has 3 heteroatoms. The van der Waals surface area contributed by atoms with Gasteiger partial charge in [0.25, 0.3) is 0 Å². The molecule has 0 fully saturated rings. The molecule has 12 rings (SSSR count). The highest BCUT2D eigenvalue weighted by atomic mass is 16.3. The van der Waals surface area contributed by atoms with Gasteiger partial charge in [-0.1, -0.05) is 135 Å². The van der Waals surface area contributed by atoms with E-state index in [0.29, 0.717) is 0 Å². The molecule has 2 aromatic heterocycles. The van der Waals surface area contributed by atoms with E-state index in [0.717, 1.165) is 77.5 Å². The number of nitrogens with zero attached hydrogens (tertiary/aromatic N) is 1. The van der Waals surface area contributed by atoms with Crippen molar-refractivity contribution in [1.82, 2.24) is 0 Å². The van der Waals surface area contributed by atoms with Gasteiger partial charge in [-0.15, -0.1) is 0 Å². The van der Waals surface area contributed by atoms with Crippen molar-refractivity contribution in [3.8, 4) is 22.3 Å². The Morgan fingerprint density at radius 2 is 1.04 bits per heavy atom. The molecule has 56 heavy (non-hydrogen) atoms. The summed E-state index contributed by atoms with van der Waals surface area (Å²) in [6.07, 6.45) is 0. The molecule has 0 saturated carbocycles. The van der Waals surface area contributed by atoms with Gasteiger partial charge in [-0.05, 0) is 98.4 Å². The van der Waals surface area contributed by atoms with Crippen LogP contribution in [-0.2, 0) is 5.41 Å². The summed E-state index contributed by atoms with van der Waals surface area (Å²) in [4.78, 5) is 2.47. The number of rotatable bonds is 4. The van der Waals surface area contributed by atoms with Crippen LogP contribution in [0.15, 0.2) is 185 Å². The molecule has 0 N–H and O–H groups in total. The summed E-state index contributed by atoms with van der Waals surface area (Å²) in [5.41, 5.74) is 13.9. The highest BCUT2D eigenvalue weighted by molar-refractivity contribution is 6.21. The molecule has 0 atom stereocenters. The zero-order chi connectivity index (χ0) is 37.1. The Kier molecular flexibility index (Phi) is 6.40. The first-order chi connectivity index (χ1) is 27.5. The minimum absolute atomic E-state index is 0.174. The van der Waals surface area contributed by atoms with Gasteiger partial charge >= 0.3 is 0 Å². The second-order valence-corrected chi connectivity index (χ2v) is 15.7.